The predicted octanol–water partition coefficient (Wildman–Crippen LogP) is 5.56. The van der Waals surface area contributed by atoms with Crippen molar-refractivity contribution in [3.63, 3.8) is 0 Å². The number of pyridine rings is 1. The van der Waals surface area contributed by atoms with Gasteiger partial charge in [0.25, 0.3) is 0 Å². The Morgan fingerprint density at radius 2 is 1.57 bits per heavy atom. The first-order valence-corrected chi connectivity index (χ1v) is 8.06. The second-order valence-corrected chi connectivity index (χ2v) is 6.03. The number of para-hydroxylation sites is 1. The van der Waals surface area contributed by atoms with Gasteiger partial charge in [-0.15, -0.1) is 0 Å². The van der Waals surface area contributed by atoms with Crippen LogP contribution in [0.2, 0.25) is 0 Å². The minimum Gasteiger partial charge on any atom is -0.438 e. The molecule has 2 heterocycles. The molecule has 3 nitrogen and oxygen atoms in total. The Labute approximate surface area is 142 Å². The van der Waals surface area contributed by atoms with Crippen LogP contribution in [0.3, 0.4) is 0 Å². The molecular weight excluding hydrogens is 352 g/mol. The topological polar surface area (TPSA) is 26.5 Å². The Balaban J connectivity index is 1.89. The van der Waals surface area contributed by atoms with Gasteiger partial charge in [0, 0.05) is 16.2 Å². The fourth-order valence-corrected chi connectivity index (χ4v) is 2.73. The van der Waals surface area contributed by atoms with Gasteiger partial charge in [-0.1, -0.05) is 52.3 Å². The second kappa shape index (κ2) is 5.89. The molecule has 0 atom stereocenters. The van der Waals surface area contributed by atoms with Crippen molar-refractivity contribution in [1.82, 2.24) is 9.38 Å². The fourth-order valence-electron chi connectivity index (χ4n) is 2.47. The summed E-state index contributed by atoms with van der Waals surface area (Å²) < 4.78 is 9.14. The van der Waals surface area contributed by atoms with Crippen molar-refractivity contribution in [2.75, 3.05) is 0 Å². The van der Waals surface area contributed by atoms with Gasteiger partial charge in [-0.3, -0.25) is 4.40 Å². The zero-order valence-electron chi connectivity index (χ0n) is 12.2. The zero-order valence-corrected chi connectivity index (χ0v) is 13.8. The Morgan fingerprint density at radius 3 is 2.35 bits per heavy atom. The first-order chi connectivity index (χ1) is 11.3. The molecule has 4 heteroatoms. The molecule has 2 aromatic heterocycles. The lowest BCUT2D eigenvalue weighted by molar-refractivity contribution is 0.460. The molecule has 0 aliphatic carbocycles. The fraction of sp³-hybridized carbons (Fsp3) is 0. The van der Waals surface area contributed by atoms with E-state index in [-0.39, 0.29) is 0 Å². The van der Waals surface area contributed by atoms with Crippen molar-refractivity contribution >= 4 is 21.6 Å². The third-order valence-corrected chi connectivity index (χ3v) is 4.09. The molecule has 0 bridgehead atoms. The largest absolute Gasteiger partial charge is 0.438 e. The highest BCUT2D eigenvalue weighted by molar-refractivity contribution is 9.10. The molecule has 23 heavy (non-hydrogen) atoms. The van der Waals surface area contributed by atoms with Crippen LogP contribution in [0.5, 0.6) is 11.6 Å². The highest BCUT2D eigenvalue weighted by atomic mass is 79.9. The molecule has 0 saturated heterocycles. The number of ether oxygens (including phenoxy) is 1. The average Bonchev–Trinajstić information content (AvgIpc) is 2.95. The van der Waals surface area contributed by atoms with Gasteiger partial charge in [0.2, 0.25) is 5.88 Å². The number of hydrogen-bond donors (Lipinski definition) is 0. The molecule has 2 aromatic carbocycles. The second-order valence-electron chi connectivity index (χ2n) is 5.12. The van der Waals surface area contributed by atoms with Crippen LogP contribution in [0.4, 0.5) is 0 Å². The summed E-state index contributed by atoms with van der Waals surface area (Å²) in [5.41, 5.74) is 2.70. The summed E-state index contributed by atoms with van der Waals surface area (Å²) in [6.45, 7) is 0. The molecule has 4 aromatic rings. The van der Waals surface area contributed by atoms with Gasteiger partial charge in [-0.05, 0) is 36.4 Å². The number of imidazole rings is 1. The summed E-state index contributed by atoms with van der Waals surface area (Å²) in [5, 5.41) is 0. The first-order valence-electron chi connectivity index (χ1n) is 7.27. The molecule has 0 aliphatic rings. The first kappa shape index (κ1) is 14.0. The maximum absolute atomic E-state index is 6.14. The summed E-state index contributed by atoms with van der Waals surface area (Å²) in [4.78, 5) is 4.73. The number of hydrogen-bond acceptors (Lipinski definition) is 2. The normalized spacial score (nSPS) is 10.8. The molecule has 4 rings (SSSR count). The molecule has 0 saturated carbocycles. The lowest BCUT2D eigenvalue weighted by atomic mass is 10.2. The Kier molecular flexibility index (Phi) is 3.60. The summed E-state index contributed by atoms with van der Waals surface area (Å²) in [7, 11) is 0. The lowest BCUT2D eigenvalue weighted by Crippen LogP contribution is -1.91. The van der Waals surface area contributed by atoms with Gasteiger partial charge in [0.1, 0.15) is 17.1 Å². The summed E-state index contributed by atoms with van der Waals surface area (Å²) in [6, 6.07) is 23.7. The molecule has 112 valence electrons. The third kappa shape index (κ3) is 2.73. The van der Waals surface area contributed by atoms with Gasteiger partial charge in [0.15, 0.2) is 0 Å². The SMILES string of the molecule is Brc1ccc(-c2nc3ccccn3c2Oc2ccccc2)cc1. The monoisotopic (exact) mass is 364 g/mol. The third-order valence-electron chi connectivity index (χ3n) is 3.56. The van der Waals surface area contributed by atoms with Gasteiger partial charge in [-0.2, -0.15) is 0 Å². The van der Waals surface area contributed by atoms with Crippen LogP contribution < -0.4 is 4.74 Å². The zero-order chi connectivity index (χ0) is 15.6. The van der Waals surface area contributed by atoms with Crippen LogP contribution in [0.25, 0.3) is 16.9 Å². The van der Waals surface area contributed by atoms with Crippen molar-refractivity contribution in [3.05, 3.63) is 83.5 Å². The smallest absolute Gasteiger partial charge is 0.232 e. The maximum atomic E-state index is 6.14. The van der Waals surface area contributed by atoms with Crippen LogP contribution in [0, 0.1) is 0 Å². The molecule has 0 radical (unpaired) electrons. The van der Waals surface area contributed by atoms with Crippen LogP contribution in [-0.4, -0.2) is 9.38 Å². The van der Waals surface area contributed by atoms with Crippen molar-refractivity contribution in [1.29, 1.82) is 0 Å². The quantitative estimate of drug-likeness (QED) is 0.475. The van der Waals surface area contributed by atoms with Crippen LogP contribution in [0.15, 0.2) is 83.5 Å². The predicted molar refractivity (Wildman–Crippen MR) is 94.8 cm³/mol. The number of fused-ring (bicyclic) bond motifs is 1. The molecule has 0 aliphatic heterocycles. The van der Waals surface area contributed by atoms with E-state index in [0.29, 0.717) is 5.88 Å². The maximum Gasteiger partial charge on any atom is 0.232 e. The molecule has 0 amide bonds. The van der Waals surface area contributed by atoms with E-state index in [9.17, 15) is 0 Å². The van der Waals surface area contributed by atoms with Crippen LogP contribution in [-0.2, 0) is 0 Å². The van der Waals surface area contributed by atoms with E-state index in [0.717, 1.165) is 27.1 Å². The molecule has 0 fully saturated rings. The molecule has 0 N–H and O–H groups in total. The summed E-state index contributed by atoms with van der Waals surface area (Å²) in [6.07, 6.45) is 1.96. The number of benzene rings is 2. The Morgan fingerprint density at radius 1 is 0.826 bits per heavy atom. The standard InChI is InChI=1S/C19H13BrN2O/c20-15-11-9-14(10-12-15)18-19(23-16-6-2-1-3-7-16)22-13-5-4-8-17(22)21-18/h1-13H. The van der Waals surface area contributed by atoms with Crippen molar-refractivity contribution in [2.24, 2.45) is 0 Å². The van der Waals surface area contributed by atoms with E-state index in [1.165, 1.54) is 0 Å². The van der Waals surface area contributed by atoms with Gasteiger partial charge in [0.05, 0.1) is 0 Å². The highest BCUT2D eigenvalue weighted by Crippen LogP contribution is 2.34. The summed E-state index contributed by atoms with van der Waals surface area (Å²) in [5.74, 6) is 1.51. The van der Waals surface area contributed by atoms with E-state index in [2.05, 4.69) is 15.9 Å². The Hall–Kier alpha value is -2.59. The van der Waals surface area contributed by atoms with Gasteiger partial charge >= 0.3 is 0 Å². The number of nitrogens with zero attached hydrogens (tertiary/aromatic N) is 2. The van der Waals surface area contributed by atoms with Crippen molar-refractivity contribution in [2.45, 2.75) is 0 Å². The van der Waals surface area contributed by atoms with E-state index in [4.69, 9.17) is 9.72 Å². The average molecular weight is 365 g/mol. The Bertz CT molecular complexity index is 946. The van der Waals surface area contributed by atoms with E-state index < -0.39 is 0 Å². The number of aromatic nitrogens is 2. The van der Waals surface area contributed by atoms with Crippen LogP contribution >= 0.6 is 15.9 Å². The van der Waals surface area contributed by atoms with E-state index in [1.807, 2.05) is 83.4 Å². The summed E-state index contributed by atoms with van der Waals surface area (Å²) >= 11 is 3.47. The van der Waals surface area contributed by atoms with E-state index >= 15 is 0 Å². The molecular formula is C19H13BrN2O. The van der Waals surface area contributed by atoms with Crippen LogP contribution in [0.1, 0.15) is 0 Å². The van der Waals surface area contributed by atoms with Gasteiger partial charge < -0.3 is 4.74 Å². The van der Waals surface area contributed by atoms with Crippen molar-refractivity contribution < 1.29 is 4.74 Å². The molecule has 0 unspecified atom stereocenters. The minimum absolute atomic E-state index is 0.717. The number of halogens is 1. The highest BCUT2D eigenvalue weighted by Gasteiger charge is 2.16. The van der Waals surface area contributed by atoms with Gasteiger partial charge in [-0.25, -0.2) is 4.98 Å². The van der Waals surface area contributed by atoms with Crippen molar-refractivity contribution in [3.8, 4) is 22.9 Å². The molecule has 0 spiro atoms. The number of rotatable bonds is 3. The van der Waals surface area contributed by atoms with E-state index in [1.54, 1.807) is 0 Å². The lowest BCUT2D eigenvalue weighted by Gasteiger charge is -2.07. The minimum atomic E-state index is 0.717.